The van der Waals surface area contributed by atoms with E-state index in [1.165, 1.54) is 11.8 Å². The molecule has 2 aromatic carbocycles. The van der Waals surface area contributed by atoms with Crippen molar-refractivity contribution >= 4 is 40.3 Å². The highest BCUT2D eigenvalue weighted by atomic mass is 35.5. The topological polar surface area (TPSA) is 47.4 Å². The molecule has 0 bridgehead atoms. The number of hydrogen-bond donors (Lipinski definition) is 0. The largest absolute Gasteiger partial charge is 0.383 e. The Kier molecular flexibility index (Phi) is 6.99. The quantitative estimate of drug-likeness (QED) is 0.500. The SMILES string of the molecule is COCCn1c(SCC(=O)N(C)[C@H](C)c2ccccc2)nc2cc(Cl)ccc21. The summed E-state index contributed by atoms with van der Waals surface area (Å²) in [5, 5.41) is 1.44. The lowest BCUT2D eigenvalue weighted by atomic mass is 10.1. The summed E-state index contributed by atoms with van der Waals surface area (Å²) in [6.45, 7) is 3.27. The van der Waals surface area contributed by atoms with E-state index in [1.54, 1.807) is 12.0 Å². The zero-order chi connectivity index (χ0) is 20.1. The van der Waals surface area contributed by atoms with E-state index in [1.807, 2.05) is 62.5 Å². The Morgan fingerprint density at radius 2 is 2.04 bits per heavy atom. The summed E-state index contributed by atoms with van der Waals surface area (Å²) < 4.78 is 7.31. The Bertz CT molecular complexity index is 945. The Morgan fingerprint density at radius 1 is 1.29 bits per heavy atom. The number of fused-ring (bicyclic) bond motifs is 1. The Labute approximate surface area is 174 Å². The number of hydrogen-bond acceptors (Lipinski definition) is 4. The summed E-state index contributed by atoms with van der Waals surface area (Å²) in [6, 6.07) is 15.7. The van der Waals surface area contributed by atoms with E-state index in [-0.39, 0.29) is 11.9 Å². The highest BCUT2D eigenvalue weighted by molar-refractivity contribution is 7.99. The standard InChI is InChI=1S/C21H24ClN3O2S/c1-15(16-7-5-4-6-8-16)24(2)20(26)14-28-21-23-18-13-17(22)9-10-19(18)25(21)11-12-27-3/h4-10,13,15H,11-12,14H2,1-3H3/t15-/m1/s1. The number of thioether (sulfide) groups is 1. The molecule has 0 radical (unpaired) electrons. The fourth-order valence-electron chi connectivity index (χ4n) is 2.99. The Morgan fingerprint density at radius 3 is 2.75 bits per heavy atom. The summed E-state index contributed by atoms with van der Waals surface area (Å²) in [5.74, 6) is 0.377. The molecule has 1 atom stereocenters. The Hall–Kier alpha value is -2.02. The second-order valence-electron chi connectivity index (χ2n) is 6.55. The van der Waals surface area contributed by atoms with Gasteiger partial charge in [0.2, 0.25) is 5.91 Å². The minimum Gasteiger partial charge on any atom is -0.383 e. The van der Waals surface area contributed by atoms with E-state index >= 15 is 0 Å². The molecule has 0 saturated carbocycles. The summed E-state index contributed by atoms with van der Waals surface area (Å²) in [5.41, 5.74) is 2.93. The van der Waals surface area contributed by atoms with Crippen LogP contribution in [0, 0.1) is 0 Å². The van der Waals surface area contributed by atoms with Crippen LogP contribution in [0.15, 0.2) is 53.7 Å². The highest BCUT2D eigenvalue weighted by Crippen LogP contribution is 2.27. The van der Waals surface area contributed by atoms with Crippen molar-refractivity contribution < 1.29 is 9.53 Å². The summed E-state index contributed by atoms with van der Waals surface area (Å²) in [4.78, 5) is 19.2. The van der Waals surface area contributed by atoms with Crippen LogP contribution in [-0.4, -0.2) is 46.9 Å². The van der Waals surface area contributed by atoms with Gasteiger partial charge in [-0.2, -0.15) is 0 Å². The number of halogens is 1. The van der Waals surface area contributed by atoms with Crippen LogP contribution in [0.4, 0.5) is 0 Å². The smallest absolute Gasteiger partial charge is 0.233 e. The van der Waals surface area contributed by atoms with Crippen molar-refractivity contribution in [3.05, 3.63) is 59.1 Å². The number of aromatic nitrogens is 2. The van der Waals surface area contributed by atoms with Gasteiger partial charge in [-0.3, -0.25) is 4.79 Å². The molecule has 0 spiro atoms. The van der Waals surface area contributed by atoms with Crippen molar-refractivity contribution in [2.75, 3.05) is 26.5 Å². The summed E-state index contributed by atoms with van der Waals surface area (Å²) in [7, 11) is 3.51. The number of benzene rings is 2. The van der Waals surface area contributed by atoms with Gasteiger partial charge in [-0.25, -0.2) is 4.98 Å². The van der Waals surface area contributed by atoms with Crippen LogP contribution in [0.5, 0.6) is 0 Å². The first-order valence-electron chi connectivity index (χ1n) is 9.09. The van der Waals surface area contributed by atoms with Gasteiger partial charge in [-0.1, -0.05) is 53.7 Å². The predicted molar refractivity (Wildman–Crippen MR) is 115 cm³/mol. The summed E-state index contributed by atoms with van der Waals surface area (Å²) in [6.07, 6.45) is 0. The number of imidazole rings is 1. The number of ether oxygens (including phenoxy) is 1. The molecule has 0 saturated heterocycles. The fourth-order valence-corrected chi connectivity index (χ4v) is 4.12. The molecule has 0 aliphatic heterocycles. The van der Waals surface area contributed by atoms with E-state index in [0.29, 0.717) is 23.9 Å². The first kappa shape index (κ1) is 20.7. The minimum absolute atomic E-state index is 0.0143. The molecule has 3 rings (SSSR count). The van der Waals surface area contributed by atoms with Crippen LogP contribution in [0.3, 0.4) is 0 Å². The third-order valence-electron chi connectivity index (χ3n) is 4.78. The number of methoxy groups -OCH3 is 1. The monoisotopic (exact) mass is 417 g/mol. The predicted octanol–water partition coefficient (Wildman–Crippen LogP) is 4.65. The molecule has 0 aliphatic rings. The van der Waals surface area contributed by atoms with E-state index in [0.717, 1.165) is 21.8 Å². The molecular weight excluding hydrogens is 394 g/mol. The van der Waals surface area contributed by atoms with Gasteiger partial charge in [-0.15, -0.1) is 0 Å². The summed E-state index contributed by atoms with van der Waals surface area (Å²) >= 11 is 7.55. The van der Waals surface area contributed by atoms with Gasteiger partial charge < -0.3 is 14.2 Å². The van der Waals surface area contributed by atoms with Gasteiger partial charge in [-0.05, 0) is 30.7 Å². The van der Waals surface area contributed by atoms with Crippen molar-refractivity contribution in [2.24, 2.45) is 0 Å². The van der Waals surface area contributed by atoms with E-state index in [4.69, 9.17) is 16.3 Å². The van der Waals surface area contributed by atoms with E-state index in [2.05, 4.69) is 9.55 Å². The average molecular weight is 418 g/mol. The fraction of sp³-hybridized carbons (Fsp3) is 0.333. The number of amides is 1. The van der Waals surface area contributed by atoms with Gasteiger partial charge in [0.1, 0.15) is 0 Å². The van der Waals surface area contributed by atoms with Crippen molar-refractivity contribution in [3.63, 3.8) is 0 Å². The molecule has 7 heteroatoms. The second kappa shape index (κ2) is 9.45. The van der Waals surface area contributed by atoms with Gasteiger partial charge in [0.15, 0.2) is 5.16 Å². The normalized spacial score (nSPS) is 12.3. The molecule has 1 amide bonds. The van der Waals surface area contributed by atoms with Crippen molar-refractivity contribution in [3.8, 4) is 0 Å². The van der Waals surface area contributed by atoms with Gasteiger partial charge in [0.05, 0.1) is 29.4 Å². The van der Waals surface area contributed by atoms with Gasteiger partial charge in [0.25, 0.3) is 0 Å². The molecule has 1 heterocycles. The van der Waals surface area contributed by atoms with E-state index < -0.39 is 0 Å². The Balaban J connectivity index is 1.74. The molecule has 148 valence electrons. The number of nitrogens with zero attached hydrogens (tertiary/aromatic N) is 3. The van der Waals surface area contributed by atoms with Gasteiger partial charge >= 0.3 is 0 Å². The molecule has 1 aromatic heterocycles. The lowest BCUT2D eigenvalue weighted by Gasteiger charge is -2.25. The first-order chi connectivity index (χ1) is 13.5. The molecular formula is C21H24ClN3O2S. The van der Waals surface area contributed by atoms with Crippen molar-refractivity contribution in [1.82, 2.24) is 14.5 Å². The van der Waals surface area contributed by atoms with Crippen LogP contribution in [0.25, 0.3) is 11.0 Å². The molecule has 0 unspecified atom stereocenters. The van der Waals surface area contributed by atoms with Crippen LogP contribution in [-0.2, 0) is 16.1 Å². The number of carbonyl (C=O) groups is 1. The van der Waals surface area contributed by atoms with Crippen LogP contribution in [0.2, 0.25) is 5.02 Å². The lowest BCUT2D eigenvalue weighted by Crippen LogP contribution is -2.31. The third-order valence-corrected chi connectivity index (χ3v) is 5.97. The molecule has 0 N–H and O–H groups in total. The van der Waals surface area contributed by atoms with Crippen molar-refractivity contribution in [2.45, 2.75) is 24.7 Å². The molecule has 5 nitrogen and oxygen atoms in total. The zero-order valence-electron chi connectivity index (χ0n) is 16.3. The first-order valence-corrected chi connectivity index (χ1v) is 10.5. The van der Waals surface area contributed by atoms with Crippen LogP contribution >= 0.6 is 23.4 Å². The van der Waals surface area contributed by atoms with Crippen LogP contribution < -0.4 is 0 Å². The molecule has 3 aromatic rings. The number of rotatable bonds is 8. The maximum atomic E-state index is 12.7. The second-order valence-corrected chi connectivity index (χ2v) is 7.93. The molecule has 28 heavy (non-hydrogen) atoms. The maximum absolute atomic E-state index is 12.7. The molecule has 0 fully saturated rings. The van der Waals surface area contributed by atoms with Crippen molar-refractivity contribution in [1.29, 1.82) is 0 Å². The third kappa shape index (κ3) is 4.69. The maximum Gasteiger partial charge on any atom is 0.233 e. The zero-order valence-corrected chi connectivity index (χ0v) is 17.8. The lowest BCUT2D eigenvalue weighted by molar-refractivity contribution is -0.128. The van der Waals surface area contributed by atoms with Gasteiger partial charge in [0, 0.05) is 25.7 Å². The number of carbonyl (C=O) groups excluding carboxylic acids is 1. The molecule has 0 aliphatic carbocycles. The minimum atomic E-state index is 0.0143. The van der Waals surface area contributed by atoms with E-state index in [9.17, 15) is 4.79 Å². The highest BCUT2D eigenvalue weighted by Gasteiger charge is 2.19. The van der Waals surface area contributed by atoms with Crippen LogP contribution in [0.1, 0.15) is 18.5 Å². The average Bonchev–Trinajstić information content (AvgIpc) is 3.06.